The maximum Gasteiger partial charge on any atom is 0.176 e. The predicted octanol–water partition coefficient (Wildman–Crippen LogP) is 4.71. The number of methoxy groups -OCH3 is 1. The lowest BCUT2D eigenvalue weighted by atomic mass is 9.97. The van der Waals surface area contributed by atoms with Gasteiger partial charge in [-0.25, -0.2) is 4.98 Å². The number of hydrogen-bond donors (Lipinski definition) is 1. The summed E-state index contributed by atoms with van der Waals surface area (Å²) in [5, 5.41) is 20.2. The smallest absolute Gasteiger partial charge is 0.176 e. The molecule has 0 unspecified atom stereocenters. The van der Waals surface area contributed by atoms with Crippen LogP contribution < -0.4 is 10.5 Å². The molecule has 30 heavy (non-hydrogen) atoms. The van der Waals surface area contributed by atoms with Crippen LogP contribution in [-0.4, -0.2) is 23.6 Å². The van der Waals surface area contributed by atoms with Crippen molar-refractivity contribution >= 4 is 35.0 Å². The Morgan fingerprint density at radius 1 is 1.13 bits per heavy atom. The van der Waals surface area contributed by atoms with Crippen molar-refractivity contribution in [2.24, 2.45) is 0 Å². The number of ether oxygens (including phenoxy) is 1. The van der Waals surface area contributed by atoms with Gasteiger partial charge in [0.25, 0.3) is 0 Å². The summed E-state index contributed by atoms with van der Waals surface area (Å²) in [5.41, 5.74) is 7.70. The number of carbonyl (C=O) groups is 1. The number of halogens is 1. The quantitative estimate of drug-likeness (QED) is 0.441. The molecule has 0 spiro atoms. The summed E-state index contributed by atoms with van der Waals surface area (Å²) < 4.78 is 5.23. The second-order valence-corrected chi connectivity index (χ2v) is 7.47. The molecule has 3 aromatic rings. The predicted molar refractivity (Wildman–Crippen MR) is 117 cm³/mol. The van der Waals surface area contributed by atoms with Crippen molar-refractivity contribution in [1.29, 1.82) is 10.5 Å². The number of carbonyl (C=O) groups excluding carboxylic acids is 1. The van der Waals surface area contributed by atoms with Crippen LogP contribution in [0.1, 0.15) is 21.5 Å². The third kappa shape index (κ3) is 4.23. The van der Waals surface area contributed by atoms with Gasteiger partial charge in [-0.1, -0.05) is 47.6 Å². The van der Waals surface area contributed by atoms with Crippen LogP contribution in [0.3, 0.4) is 0 Å². The second kappa shape index (κ2) is 9.32. The number of anilines is 1. The number of nitriles is 2. The number of nitrogens with zero attached hydrogens (tertiary/aromatic N) is 3. The van der Waals surface area contributed by atoms with Crippen molar-refractivity contribution in [2.45, 2.75) is 5.03 Å². The number of Topliss-reactive ketones (excluding diaryl/α,β-unsaturated/α-hetero) is 1. The van der Waals surface area contributed by atoms with Crippen molar-refractivity contribution in [2.75, 3.05) is 18.6 Å². The molecule has 0 saturated carbocycles. The van der Waals surface area contributed by atoms with Gasteiger partial charge in [-0.05, 0) is 29.8 Å². The van der Waals surface area contributed by atoms with E-state index in [0.717, 1.165) is 11.8 Å². The van der Waals surface area contributed by atoms with E-state index in [4.69, 9.17) is 22.1 Å². The maximum absolute atomic E-state index is 12.7. The molecule has 3 rings (SSSR count). The van der Waals surface area contributed by atoms with Gasteiger partial charge in [0.15, 0.2) is 5.78 Å². The Balaban J connectivity index is 2.02. The molecular formula is C22H15ClN4O2S. The van der Waals surface area contributed by atoms with E-state index in [9.17, 15) is 15.3 Å². The van der Waals surface area contributed by atoms with E-state index in [0.29, 0.717) is 27.5 Å². The average Bonchev–Trinajstić information content (AvgIpc) is 2.77. The molecule has 1 heterocycles. The fraction of sp³-hybridized carbons (Fsp3) is 0.0909. The van der Waals surface area contributed by atoms with Gasteiger partial charge < -0.3 is 10.5 Å². The average molecular weight is 435 g/mol. The van der Waals surface area contributed by atoms with Crippen LogP contribution in [0.25, 0.3) is 11.1 Å². The number of para-hydroxylation sites is 1. The molecule has 0 fully saturated rings. The van der Waals surface area contributed by atoms with E-state index < -0.39 is 0 Å². The Kier molecular flexibility index (Phi) is 6.58. The first-order valence-electron chi connectivity index (χ1n) is 8.68. The van der Waals surface area contributed by atoms with Gasteiger partial charge in [0, 0.05) is 10.6 Å². The number of ketones is 1. The Morgan fingerprint density at radius 3 is 2.43 bits per heavy atom. The molecule has 0 amide bonds. The molecule has 8 heteroatoms. The van der Waals surface area contributed by atoms with Crippen LogP contribution in [0.5, 0.6) is 5.75 Å². The molecule has 148 valence electrons. The lowest BCUT2D eigenvalue weighted by molar-refractivity contribution is 0.101. The van der Waals surface area contributed by atoms with Gasteiger partial charge in [-0.2, -0.15) is 10.5 Å². The maximum atomic E-state index is 12.7. The van der Waals surface area contributed by atoms with Gasteiger partial charge >= 0.3 is 0 Å². The third-order valence-corrected chi connectivity index (χ3v) is 5.52. The minimum Gasteiger partial charge on any atom is -0.496 e. The van der Waals surface area contributed by atoms with Crippen molar-refractivity contribution in [3.8, 4) is 29.0 Å². The van der Waals surface area contributed by atoms with Crippen LogP contribution in [0, 0.1) is 22.7 Å². The standard InChI is InChI=1S/C22H15ClN4O2S/c1-29-19-5-3-2-4-15(19)18(28)12-30-22-17(11-25)20(16(10-24)21(26)27-22)13-6-8-14(23)9-7-13/h2-9H,12H2,1H3,(H2,26,27). The highest BCUT2D eigenvalue weighted by Crippen LogP contribution is 2.36. The molecule has 0 aliphatic rings. The summed E-state index contributed by atoms with van der Waals surface area (Å²) in [6.07, 6.45) is 0. The number of pyridine rings is 1. The minimum atomic E-state index is -0.181. The Morgan fingerprint density at radius 2 is 1.80 bits per heavy atom. The second-order valence-electron chi connectivity index (χ2n) is 6.07. The highest BCUT2D eigenvalue weighted by Gasteiger charge is 2.22. The molecule has 1 aromatic heterocycles. The molecule has 6 nitrogen and oxygen atoms in total. The lowest BCUT2D eigenvalue weighted by Gasteiger charge is -2.13. The number of aromatic nitrogens is 1. The largest absolute Gasteiger partial charge is 0.496 e. The molecule has 0 bridgehead atoms. The fourth-order valence-electron chi connectivity index (χ4n) is 2.89. The van der Waals surface area contributed by atoms with Gasteiger partial charge in [0.05, 0.1) is 24.0 Å². The molecule has 0 aliphatic heterocycles. The molecular weight excluding hydrogens is 420 g/mol. The number of hydrogen-bond acceptors (Lipinski definition) is 7. The van der Waals surface area contributed by atoms with E-state index in [1.807, 2.05) is 6.07 Å². The molecule has 2 aromatic carbocycles. The summed E-state index contributed by atoms with van der Waals surface area (Å²) in [4.78, 5) is 16.9. The Labute approximate surface area is 182 Å². The van der Waals surface area contributed by atoms with Crippen LogP contribution in [0.4, 0.5) is 5.82 Å². The summed E-state index contributed by atoms with van der Waals surface area (Å²) in [6, 6.07) is 17.8. The summed E-state index contributed by atoms with van der Waals surface area (Å²) in [7, 11) is 1.49. The van der Waals surface area contributed by atoms with Gasteiger partial charge in [-0.3, -0.25) is 4.79 Å². The zero-order chi connectivity index (χ0) is 21.7. The van der Waals surface area contributed by atoms with Crippen LogP contribution >= 0.6 is 23.4 Å². The van der Waals surface area contributed by atoms with Gasteiger partial charge in [0.2, 0.25) is 0 Å². The molecule has 0 saturated heterocycles. The number of benzene rings is 2. The number of nitrogen functional groups attached to an aromatic ring is 1. The normalized spacial score (nSPS) is 10.1. The van der Waals surface area contributed by atoms with E-state index in [1.54, 1.807) is 48.5 Å². The van der Waals surface area contributed by atoms with Crippen molar-refractivity contribution in [3.05, 3.63) is 70.2 Å². The van der Waals surface area contributed by atoms with Gasteiger partial charge in [-0.15, -0.1) is 0 Å². The first-order chi connectivity index (χ1) is 14.5. The molecule has 0 radical (unpaired) electrons. The van der Waals surface area contributed by atoms with Crippen molar-refractivity contribution < 1.29 is 9.53 Å². The van der Waals surface area contributed by atoms with Crippen molar-refractivity contribution in [3.63, 3.8) is 0 Å². The first kappa shape index (κ1) is 21.2. The number of thioether (sulfide) groups is 1. The lowest BCUT2D eigenvalue weighted by Crippen LogP contribution is -2.07. The minimum absolute atomic E-state index is 0.00584. The van der Waals surface area contributed by atoms with Crippen LogP contribution in [0.15, 0.2) is 53.6 Å². The Bertz CT molecular complexity index is 1200. The van der Waals surface area contributed by atoms with E-state index >= 15 is 0 Å². The first-order valence-corrected chi connectivity index (χ1v) is 10.0. The van der Waals surface area contributed by atoms with Crippen LogP contribution in [0.2, 0.25) is 5.02 Å². The topological polar surface area (TPSA) is 113 Å². The molecule has 0 atom stereocenters. The third-order valence-electron chi connectivity index (χ3n) is 4.30. The highest BCUT2D eigenvalue weighted by molar-refractivity contribution is 8.00. The monoisotopic (exact) mass is 434 g/mol. The zero-order valence-electron chi connectivity index (χ0n) is 15.8. The fourth-order valence-corrected chi connectivity index (χ4v) is 3.90. The molecule has 0 aliphatic carbocycles. The Hall–Kier alpha value is -3.52. The number of nitrogens with two attached hydrogens (primary N) is 1. The zero-order valence-corrected chi connectivity index (χ0v) is 17.4. The van der Waals surface area contributed by atoms with Gasteiger partial charge in [0.1, 0.15) is 34.3 Å². The molecule has 2 N–H and O–H groups in total. The van der Waals surface area contributed by atoms with E-state index in [2.05, 4.69) is 11.1 Å². The summed E-state index contributed by atoms with van der Waals surface area (Å²) in [6.45, 7) is 0. The van der Waals surface area contributed by atoms with E-state index in [-0.39, 0.29) is 33.5 Å². The van der Waals surface area contributed by atoms with E-state index in [1.165, 1.54) is 7.11 Å². The SMILES string of the molecule is COc1ccccc1C(=O)CSc1nc(N)c(C#N)c(-c2ccc(Cl)cc2)c1C#N. The van der Waals surface area contributed by atoms with Crippen LogP contribution in [-0.2, 0) is 0 Å². The summed E-state index contributed by atoms with van der Waals surface area (Å²) in [5.74, 6) is 0.304. The highest BCUT2D eigenvalue weighted by atomic mass is 35.5. The van der Waals surface area contributed by atoms with Crippen molar-refractivity contribution in [1.82, 2.24) is 4.98 Å². The number of rotatable bonds is 6. The summed E-state index contributed by atoms with van der Waals surface area (Å²) >= 11 is 7.04.